The van der Waals surface area contributed by atoms with Gasteiger partial charge in [0.1, 0.15) is 0 Å². The third-order valence-corrected chi connectivity index (χ3v) is 6.18. The van der Waals surface area contributed by atoms with Crippen LogP contribution in [-0.2, 0) is 4.79 Å². The second-order valence-corrected chi connectivity index (χ2v) is 7.59. The van der Waals surface area contributed by atoms with E-state index in [2.05, 4.69) is 22.4 Å². The zero-order valence-corrected chi connectivity index (χ0v) is 14.9. The van der Waals surface area contributed by atoms with Gasteiger partial charge in [0.05, 0.1) is 5.41 Å². The number of fused-ring (bicyclic) bond motifs is 1. The van der Waals surface area contributed by atoms with E-state index in [1.807, 2.05) is 53.6 Å². The van der Waals surface area contributed by atoms with E-state index in [-0.39, 0.29) is 17.7 Å². The Morgan fingerprint density at radius 2 is 1.96 bits per heavy atom. The van der Waals surface area contributed by atoms with Gasteiger partial charge >= 0.3 is 0 Å². The van der Waals surface area contributed by atoms with Gasteiger partial charge in [-0.2, -0.15) is 0 Å². The predicted octanol–water partition coefficient (Wildman–Crippen LogP) is 2.91. The first-order chi connectivity index (χ1) is 13.2. The lowest BCUT2D eigenvalue weighted by Crippen LogP contribution is -2.39. The summed E-state index contributed by atoms with van der Waals surface area (Å²) in [5, 5.41) is 4.06. The number of aromatic amines is 1. The van der Waals surface area contributed by atoms with Gasteiger partial charge in [-0.1, -0.05) is 30.3 Å². The molecule has 0 bridgehead atoms. The summed E-state index contributed by atoms with van der Waals surface area (Å²) in [6, 6.07) is 17.8. The van der Waals surface area contributed by atoms with E-state index in [1.54, 1.807) is 0 Å². The third-order valence-electron chi connectivity index (χ3n) is 6.18. The normalized spacial score (nSPS) is 24.7. The Bertz CT molecular complexity index is 1030. The Labute approximate surface area is 157 Å². The largest absolute Gasteiger partial charge is 0.361 e. The molecule has 2 aromatic carbocycles. The van der Waals surface area contributed by atoms with Crippen molar-refractivity contribution in [3.8, 4) is 0 Å². The van der Waals surface area contributed by atoms with Crippen LogP contribution in [0.15, 0.2) is 60.8 Å². The molecular formula is C22H21N3O2. The third kappa shape index (κ3) is 2.46. The zero-order valence-electron chi connectivity index (χ0n) is 14.9. The molecule has 2 aliphatic rings. The summed E-state index contributed by atoms with van der Waals surface area (Å²) in [5.41, 5.74) is 2.34. The van der Waals surface area contributed by atoms with Crippen molar-refractivity contribution in [1.29, 1.82) is 0 Å². The van der Waals surface area contributed by atoms with Crippen LogP contribution >= 0.6 is 0 Å². The molecule has 0 radical (unpaired) electrons. The molecule has 5 heteroatoms. The molecule has 0 aliphatic carbocycles. The maximum Gasteiger partial charge on any atom is 0.253 e. The van der Waals surface area contributed by atoms with Crippen LogP contribution in [0.1, 0.15) is 28.3 Å². The van der Waals surface area contributed by atoms with Crippen LogP contribution in [0.3, 0.4) is 0 Å². The lowest BCUT2D eigenvalue weighted by atomic mass is 9.73. The highest BCUT2D eigenvalue weighted by molar-refractivity contribution is 5.99. The van der Waals surface area contributed by atoms with Crippen molar-refractivity contribution in [2.75, 3.05) is 19.6 Å². The van der Waals surface area contributed by atoms with E-state index in [9.17, 15) is 9.59 Å². The molecule has 0 saturated carbocycles. The molecule has 136 valence electrons. The fraction of sp³-hybridized carbons (Fsp3) is 0.273. The molecule has 2 N–H and O–H groups in total. The maximum atomic E-state index is 13.1. The molecule has 1 aromatic heterocycles. The molecule has 2 saturated heterocycles. The number of H-pyrrole nitrogens is 1. The lowest BCUT2D eigenvalue weighted by Gasteiger charge is -2.28. The molecule has 0 unspecified atom stereocenters. The summed E-state index contributed by atoms with van der Waals surface area (Å²) in [5.74, 6) is 0.186. The molecule has 3 heterocycles. The minimum atomic E-state index is -0.519. The van der Waals surface area contributed by atoms with Crippen molar-refractivity contribution in [2.24, 2.45) is 5.41 Å². The number of benzene rings is 2. The van der Waals surface area contributed by atoms with E-state index >= 15 is 0 Å². The number of rotatable bonds is 2. The van der Waals surface area contributed by atoms with Crippen LogP contribution < -0.4 is 5.32 Å². The number of aromatic nitrogens is 1. The van der Waals surface area contributed by atoms with E-state index in [0.29, 0.717) is 31.6 Å². The van der Waals surface area contributed by atoms with Crippen molar-refractivity contribution in [1.82, 2.24) is 15.2 Å². The van der Waals surface area contributed by atoms with Crippen LogP contribution in [0.25, 0.3) is 10.9 Å². The summed E-state index contributed by atoms with van der Waals surface area (Å²) in [6.07, 6.45) is 2.58. The van der Waals surface area contributed by atoms with E-state index in [1.165, 1.54) is 5.56 Å². The summed E-state index contributed by atoms with van der Waals surface area (Å²) in [7, 11) is 0. The van der Waals surface area contributed by atoms with Crippen LogP contribution in [0.2, 0.25) is 0 Å². The molecular weight excluding hydrogens is 338 g/mol. The Morgan fingerprint density at radius 3 is 2.81 bits per heavy atom. The highest BCUT2D eigenvalue weighted by Crippen LogP contribution is 2.47. The second-order valence-electron chi connectivity index (χ2n) is 7.59. The maximum absolute atomic E-state index is 13.1. The fourth-order valence-electron chi connectivity index (χ4n) is 4.69. The van der Waals surface area contributed by atoms with Gasteiger partial charge in [-0.05, 0) is 36.2 Å². The molecule has 1 spiro atoms. The molecule has 5 rings (SSSR count). The molecule has 2 fully saturated rings. The monoisotopic (exact) mass is 359 g/mol. The molecule has 2 amide bonds. The van der Waals surface area contributed by atoms with E-state index < -0.39 is 5.41 Å². The number of amides is 2. The first-order valence-electron chi connectivity index (χ1n) is 9.37. The first kappa shape index (κ1) is 16.1. The smallest absolute Gasteiger partial charge is 0.253 e. The fourth-order valence-corrected chi connectivity index (χ4v) is 4.69. The Kier molecular flexibility index (Phi) is 3.57. The summed E-state index contributed by atoms with van der Waals surface area (Å²) < 4.78 is 0. The van der Waals surface area contributed by atoms with E-state index in [0.717, 1.165) is 10.9 Å². The summed E-state index contributed by atoms with van der Waals surface area (Å²) >= 11 is 0. The number of likely N-dealkylation sites (tertiary alicyclic amines) is 1. The number of carbonyl (C=O) groups is 2. The van der Waals surface area contributed by atoms with Crippen molar-refractivity contribution in [3.63, 3.8) is 0 Å². The van der Waals surface area contributed by atoms with Gasteiger partial charge in [-0.3, -0.25) is 9.59 Å². The van der Waals surface area contributed by atoms with Crippen molar-refractivity contribution >= 4 is 22.7 Å². The van der Waals surface area contributed by atoms with Crippen molar-refractivity contribution in [3.05, 3.63) is 71.9 Å². The minimum Gasteiger partial charge on any atom is -0.361 e. The number of nitrogens with zero attached hydrogens (tertiary/aromatic N) is 1. The molecule has 2 aliphatic heterocycles. The van der Waals surface area contributed by atoms with Crippen LogP contribution in [0.5, 0.6) is 0 Å². The minimum absolute atomic E-state index is 0.00138. The Morgan fingerprint density at radius 1 is 1.11 bits per heavy atom. The zero-order chi connectivity index (χ0) is 18.4. The van der Waals surface area contributed by atoms with Gasteiger partial charge in [-0.15, -0.1) is 0 Å². The van der Waals surface area contributed by atoms with Crippen molar-refractivity contribution in [2.45, 2.75) is 12.3 Å². The number of carbonyl (C=O) groups excluding carboxylic acids is 2. The van der Waals surface area contributed by atoms with Gasteiger partial charge in [0.15, 0.2) is 0 Å². The second kappa shape index (κ2) is 5.98. The topological polar surface area (TPSA) is 65.2 Å². The number of hydrogen-bond donors (Lipinski definition) is 2. The highest BCUT2D eigenvalue weighted by atomic mass is 16.2. The molecule has 2 atom stereocenters. The SMILES string of the molecule is O=C(c1ccc2[nH]ccc2c1)N1CC[C@]2(C1)C(=O)NC[C@H]2c1ccccc1. The molecule has 5 nitrogen and oxygen atoms in total. The highest BCUT2D eigenvalue weighted by Gasteiger charge is 2.55. The summed E-state index contributed by atoms with van der Waals surface area (Å²) in [4.78, 5) is 30.8. The van der Waals surface area contributed by atoms with Gasteiger partial charge in [0.25, 0.3) is 5.91 Å². The van der Waals surface area contributed by atoms with Gasteiger partial charge in [0, 0.05) is 48.2 Å². The van der Waals surface area contributed by atoms with Crippen LogP contribution in [0.4, 0.5) is 0 Å². The Balaban J connectivity index is 1.43. The molecule has 3 aromatic rings. The summed E-state index contributed by atoms with van der Waals surface area (Å²) in [6.45, 7) is 1.73. The van der Waals surface area contributed by atoms with Crippen LogP contribution in [0, 0.1) is 5.41 Å². The quantitative estimate of drug-likeness (QED) is 0.739. The average molecular weight is 359 g/mol. The van der Waals surface area contributed by atoms with Gasteiger partial charge < -0.3 is 15.2 Å². The average Bonchev–Trinajstić information content (AvgIpc) is 3.42. The van der Waals surface area contributed by atoms with Crippen LogP contribution in [-0.4, -0.2) is 41.3 Å². The standard InChI is InChI=1S/C22H21N3O2/c26-20(17-6-7-19-16(12-17)8-10-23-19)25-11-9-22(14-25)18(13-24-21(22)27)15-4-2-1-3-5-15/h1-8,10,12,18,23H,9,11,13-14H2,(H,24,27)/t18-,22+/m0/s1. The lowest BCUT2D eigenvalue weighted by molar-refractivity contribution is -0.127. The van der Waals surface area contributed by atoms with E-state index in [4.69, 9.17) is 0 Å². The number of nitrogens with one attached hydrogen (secondary N) is 2. The van der Waals surface area contributed by atoms with Gasteiger partial charge in [-0.25, -0.2) is 0 Å². The van der Waals surface area contributed by atoms with Crippen molar-refractivity contribution < 1.29 is 9.59 Å². The Hall–Kier alpha value is -3.08. The van der Waals surface area contributed by atoms with Gasteiger partial charge in [0.2, 0.25) is 5.91 Å². The number of hydrogen-bond acceptors (Lipinski definition) is 2. The first-order valence-corrected chi connectivity index (χ1v) is 9.37. The predicted molar refractivity (Wildman–Crippen MR) is 103 cm³/mol. The molecule has 27 heavy (non-hydrogen) atoms.